The van der Waals surface area contributed by atoms with Gasteiger partial charge in [-0.1, -0.05) is 106 Å². The molecule has 0 saturated carbocycles. The zero-order valence-electron chi connectivity index (χ0n) is 21.9. The van der Waals surface area contributed by atoms with Crippen molar-refractivity contribution in [3.63, 3.8) is 0 Å². The number of anilines is 1. The van der Waals surface area contributed by atoms with Gasteiger partial charge in [0.25, 0.3) is 5.91 Å². The van der Waals surface area contributed by atoms with E-state index >= 15 is 0 Å². The number of esters is 1. The lowest BCUT2D eigenvalue weighted by atomic mass is 10.0. The Morgan fingerprint density at radius 3 is 2.24 bits per heavy atom. The molecule has 0 saturated heterocycles. The predicted octanol–water partition coefficient (Wildman–Crippen LogP) is 8.84. The number of phenolic OH excluding ortho intramolecular Hbond substituents is 1. The monoisotopic (exact) mass is 523 g/mol. The second-order valence-corrected chi connectivity index (χ2v) is 10.1. The van der Waals surface area contributed by atoms with Crippen LogP contribution in [-0.2, 0) is 4.74 Å². The van der Waals surface area contributed by atoms with Crippen molar-refractivity contribution in [3.05, 3.63) is 70.2 Å². The van der Waals surface area contributed by atoms with Crippen molar-refractivity contribution < 1.29 is 19.4 Å². The van der Waals surface area contributed by atoms with Crippen LogP contribution in [0.4, 0.5) is 5.69 Å². The van der Waals surface area contributed by atoms with Crippen molar-refractivity contribution in [2.24, 2.45) is 0 Å². The fourth-order valence-electron chi connectivity index (χ4n) is 4.39. The van der Waals surface area contributed by atoms with E-state index in [9.17, 15) is 14.7 Å². The van der Waals surface area contributed by atoms with Crippen LogP contribution >= 0.6 is 11.6 Å². The summed E-state index contributed by atoms with van der Waals surface area (Å²) < 4.78 is 5.43. The van der Waals surface area contributed by atoms with Crippen LogP contribution in [0.2, 0.25) is 5.02 Å². The molecule has 0 aromatic heterocycles. The van der Waals surface area contributed by atoms with Gasteiger partial charge in [0.15, 0.2) is 0 Å². The first-order valence-corrected chi connectivity index (χ1v) is 13.8. The summed E-state index contributed by atoms with van der Waals surface area (Å²) >= 11 is 6.28. The Labute approximate surface area is 225 Å². The Balaban J connectivity index is 1.49. The summed E-state index contributed by atoms with van der Waals surface area (Å²) in [5.74, 6) is -1.07. The van der Waals surface area contributed by atoms with Crippen molar-refractivity contribution in [2.45, 2.75) is 78.1 Å². The molecule has 2 N–H and O–H groups in total. The minimum Gasteiger partial charge on any atom is -0.506 e. The van der Waals surface area contributed by atoms with Crippen LogP contribution in [0.1, 0.15) is 97.4 Å². The molecule has 0 fully saturated rings. The first kappa shape index (κ1) is 28.5. The quantitative estimate of drug-likeness (QED) is 0.163. The molecule has 6 heteroatoms. The number of hydrogen-bond donors (Lipinski definition) is 2. The average molecular weight is 524 g/mol. The molecular formula is C31H38ClNO4. The smallest absolute Gasteiger partial charge is 0.338 e. The topological polar surface area (TPSA) is 75.6 Å². The predicted molar refractivity (Wildman–Crippen MR) is 152 cm³/mol. The van der Waals surface area contributed by atoms with Crippen LogP contribution in [0.15, 0.2) is 48.5 Å². The summed E-state index contributed by atoms with van der Waals surface area (Å²) in [5, 5.41) is 15.1. The lowest BCUT2D eigenvalue weighted by Gasteiger charge is -2.12. The number of nitrogens with one attached hydrogen (secondary N) is 1. The molecular weight excluding hydrogens is 486 g/mol. The Morgan fingerprint density at radius 1 is 0.865 bits per heavy atom. The van der Waals surface area contributed by atoms with E-state index in [0.29, 0.717) is 17.6 Å². The standard InChI is InChI=1S/C31H38ClNO4/c1-3-4-5-6-7-8-9-10-11-12-19-37-31(36)24-15-18-27(32)28(21-24)33-30(35)26-17-14-23-20-22(2)13-16-25(23)29(26)34/h13-18,20-21,34H,3-12,19H2,1-2H3,(H,33,35). The van der Waals surface area contributed by atoms with Crippen molar-refractivity contribution >= 4 is 39.9 Å². The Bertz CT molecular complexity index is 1210. The highest BCUT2D eigenvalue weighted by Crippen LogP contribution is 2.31. The number of aromatic hydroxyl groups is 1. The second-order valence-electron chi connectivity index (χ2n) is 9.65. The van der Waals surface area contributed by atoms with Gasteiger partial charge >= 0.3 is 5.97 Å². The number of phenols is 1. The van der Waals surface area contributed by atoms with Crippen molar-refractivity contribution in [2.75, 3.05) is 11.9 Å². The molecule has 0 aliphatic rings. The number of rotatable bonds is 14. The molecule has 0 atom stereocenters. The summed E-state index contributed by atoms with van der Waals surface area (Å²) in [4.78, 5) is 25.5. The molecule has 5 nitrogen and oxygen atoms in total. The largest absolute Gasteiger partial charge is 0.506 e. The molecule has 0 bridgehead atoms. The highest BCUT2D eigenvalue weighted by Gasteiger charge is 2.17. The van der Waals surface area contributed by atoms with E-state index in [1.165, 1.54) is 51.0 Å². The highest BCUT2D eigenvalue weighted by molar-refractivity contribution is 6.34. The summed E-state index contributed by atoms with van der Waals surface area (Å²) in [6.45, 7) is 4.56. The molecule has 0 spiro atoms. The molecule has 0 aliphatic heterocycles. The van der Waals surface area contributed by atoms with Crippen LogP contribution in [0.3, 0.4) is 0 Å². The summed E-state index contributed by atoms with van der Waals surface area (Å²) in [6.07, 6.45) is 12.1. The fourth-order valence-corrected chi connectivity index (χ4v) is 4.56. The Kier molecular flexibility index (Phi) is 11.3. The van der Waals surface area contributed by atoms with Crippen molar-refractivity contribution in [1.82, 2.24) is 0 Å². The van der Waals surface area contributed by atoms with E-state index < -0.39 is 11.9 Å². The van der Waals surface area contributed by atoms with Crippen LogP contribution < -0.4 is 5.32 Å². The minimum atomic E-state index is -0.516. The van der Waals surface area contributed by atoms with E-state index in [1.807, 2.05) is 19.1 Å². The van der Waals surface area contributed by atoms with Crippen LogP contribution in [-0.4, -0.2) is 23.6 Å². The van der Waals surface area contributed by atoms with E-state index in [2.05, 4.69) is 12.2 Å². The number of carbonyl (C=O) groups excluding carboxylic acids is 2. The molecule has 0 radical (unpaired) electrons. The molecule has 3 aromatic carbocycles. The summed E-state index contributed by atoms with van der Waals surface area (Å²) in [7, 11) is 0. The zero-order valence-corrected chi connectivity index (χ0v) is 22.7. The molecule has 0 aliphatic carbocycles. The fraction of sp³-hybridized carbons (Fsp3) is 0.419. The van der Waals surface area contributed by atoms with E-state index in [0.717, 1.165) is 30.2 Å². The van der Waals surface area contributed by atoms with Gasteiger partial charge in [0.05, 0.1) is 28.4 Å². The van der Waals surface area contributed by atoms with Crippen molar-refractivity contribution in [3.8, 4) is 5.75 Å². The molecule has 3 rings (SSSR count). The third-order valence-corrected chi connectivity index (χ3v) is 6.90. The van der Waals surface area contributed by atoms with Gasteiger partial charge in [-0.3, -0.25) is 4.79 Å². The lowest BCUT2D eigenvalue weighted by Crippen LogP contribution is -2.14. The van der Waals surface area contributed by atoms with Gasteiger partial charge < -0.3 is 15.2 Å². The maximum Gasteiger partial charge on any atom is 0.338 e. The van der Waals surface area contributed by atoms with Gasteiger partial charge in [0.1, 0.15) is 5.75 Å². The summed E-state index contributed by atoms with van der Waals surface area (Å²) in [5.41, 5.74) is 1.78. The summed E-state index contributed by atoms with van der Waals surface area (Å²) in [6, 6.07) is 13.6. The first-order valence-electron chi connectivity index (χ1n) is 13.4. The number of aryl methyl sites for hydroxylation is 1. The Hall–Kier alpha value is -3.05. The molecule has 0 heterocycles. The number of carbonyl (C=O) groups is 2. The molecule has 1 amide bonds. The van der Waals surface area contributed by atoms with E-state index in [-0.39, 0.29) is 22.0 Å². The normalized spacial score (nSPS) is 11.0. The van der Waals surface area contributed by atoms with Crippen molar-refractivity contribution in [1.29, 1.82) is 0 Å². The number of amides is 1. The van der Waals surface area contributed by atoms with Gasteiger partial charge in [0, 0.05) is 5.39 Å². The van der Waals surface area contributed by atoms with E-state index in [1.54, 1.807) is 30.3 Å². The first-order chi connectivity index (χ1) is 17.9. The van der Waals surface area contributed by atoms with Gasteiger partial charge in [0.2, 0.25) is 0 Å². The number of halogens is 1. The minimum absolute atomic E-state index is 0.0989. The Morgan fingerprint density at radius 2 is 1.54 bits per heavy atom. The molecule has 198 valence electrons. The molecule has 37 heavy (non-hydrogen) atoms. The third-order valence-electron chi connectivity index (χ3n) is 6.57. The maximum atomic E-state index is 12.9. The second kappa shape index (κ2) is 14.6. The van der Waals surface area contributed by atoms with Gasteiger partial charge in [-0.25, -0.2) is 4.79 Å². The highest BCUT2D eigenvalue weighted by atomic mass is 35.5. The number of unbranched alkanes of at least 4 members (excludes halogenated alkanes) is 9. The van der Waals surface area contributed by atoms with Gasteiger partial charge in [-0.2, -0.15) is 0 Å². The number of hydrogen-bond acceptors (Lipinski definition) is 4. The number of fused-ring (bicyclic) bond motifs is 1. The molecule has 0 unspecified atom stereocenters. The van der Waals surface area contributed by atoms with Crippen LogP contribution in [0.5, 0.6) is 5.75 Å². The lowest BCUT2D eigenvalue weighted by molar-refractivity contribution is 0.0497. The van der Waals surface area contributed by atoms with E-state index in [4.69, 9.17) is 16.3 Å². The van der Waals surface area contributed by atoms with Crippen LogP contribution in [0, 0.1) is 6.92 Å². The van der Waals surface area contributed by atoms with Crippen LogP contribution in [0.25, 0.3) is 10.8 Å². The maximum absolute atomic E-state index is 12.9. The SMILES string of the molecule is CCCCCCCCCCCCOC(=O)c1ccc(Cl)c(NC(=O)c2ccc3cc(C)ccc3c2O)c1. The average Bonchev–Trinajstić information content (AvgIpc) is 2.88. The molecule has 3 aromatic rings. The number of ether oxygens (including phenoxy) is 1. The third kappa shape index (κ3) is 8.50. The van der Waals surface area contributed by atoms with Gasteiger partial charge in [-0.05, 0) is 43.0 Å². The number of benzene rings is 3. The zero-order chi connectivity index (χ0) is 26.6. The van der Waals surface area contributed by atoms with Gasteiger partial charge in [-0.15, -0.1) is 0 Å².